The van der Waals surface area contributed by atoms with Gasteiger partial charge in [-0.2, -0.15) is 0 Å². The standard InChI is InChI=1S/C14H19IO3/c1-5-14(3,4)13(17)18-9(2)10-6-7-12(16)11(15)8-10/h6-9,16H,5H2,1-4H3. The lowest BCUT2D eigenvalue weighted by Gasteiger charge is -2.23. The molecule has 0 saturated heterocycles. The lowest BCUT2D eigenvalue weighted by atomic mass is 9.90. The Morgan fingerprint density at radius 2 is 2.11 bits per heavy atom. The van der Waals surface area contributed by atoms with E-state index >= 15 is 0 Å². The summed E-state index contributed by atoms with van der Waals surface area (Å²) in [6, 6.07) is 5.22. The van der Waals surface area contributed by atoms with Crippen LogP contribution < -0.4 is 0 Å². The van der Waals surface area contributed by atoms with Gasteiger partial charge < -0.3 is 9.84 Å². The molecule has 0 aliphatic heterocycles. The molecule has 0 aliphatic rings. The maximum absolute atomic E-state index is 12.0. The molecule has 4 heteroatoms. The highest BCUT2D eigenvalue weighted by Gasteiger charge is 2.28. The lowest BCUT2D eigenvalue weighted by Crippen LogP contribution is -2.26. The van der Waals surface area contributed by atoms with Crippen molar-refractivity contribution in [1.82, 2.24) is 0 Å². The van der Waals surface area contributed by atoms with Gasteiger partial charge in [0, 0.05) is 0 Å². The molecule has 1 aromatic rings. The maximum Gasteiger partial charge on any atom is 0.312 e. The predicted molar refractivity (Wildman–Crippen MR) is 79.4 cm³/mol. The van der Waals surface area contributed by atoms with Crippen LogP contribution in [0.25, 0.3) is 0 Å². The number of rotatable bonds is 4. The van der Waals surface area contributed by atoms with Gasteiger partial charge in [0.1, 0.15) is 11.9 Å². The molecule has 0 aromatic heterocycles. The lowest BCUT2D eigenvalue weighted by molar-refractivity contribution is -0.159. The van der Waals surface area contributed by atoms with E-state index in [1.807, 2.05) is 33.8 Å². The molecule has 0 saturated carbocycles. The Kier molecular flexibility index (Phi) is 5.01. The number of phenolic OH excluding ortho intramolecular Hbond substituents is 1. The summed E-state index contributed by atoms with van der Waals surface area (Å²) in [4.78, 5) is 12.0. The van der Waals surface area contributed by atoms with Gasteiger partial charge in [-0.1, -0.05) is 13.0 Å². The van der Waals surface area contributed by atoms with E-state index < -0.39 is 5.41 Å². The molecular formula is C14H19IO3. The smallest absolute Gasteiger partial charge is 0.312 e. The molecule has 0 radical (unpaired) electrons. The second-order valence-corrected chi connectivity index (χ2v) is 6.16. The monoisotopic (exact) mass is 362 g/mol. The fraction of sp³-hybridized carbons (Fsp3) is 0.500. The normalized spacial score (nSPS) is 13.2. The summed E-state index contributed by atoms with van der Waals surface area (Å²) in [6.45, 7) is 7.56. The van der Waals surface area contributed by atoms with E-state index in [-0.39, 0.29) is 17.8 Å². The Hall–Kier alpha value is -0.780. The van der Waals surface area contributed by atoms with Gasteiger partial charge in [-0.25, -0.2) is 0 Å². The van der Waals surface area contributed by atoms with Crippen molar-refractivity contribution in [3.63, 3.8) is 0 Å². The molecule has 0 amide bonds. The Bertz CT molecular complexity index is 441. The quantitative estimate of drug-likeness (QED) is 0.650. The van der Waals surface area contributed by atoms with E-state index in [2.05, 4.69) is 22.6 Å². The maximum atomic E-state index is 12.0. The number of benzene rings is 1. The molecule has 1 rings (SSSR count). The van der Waals surface area contributed by atoms with Crippen LogP contribution in [0.3, 0.4) is 0 Å². The molecule has 1 atom stereocenters. The van der Waals surface area contributed by atoms with Crippen molar-refractivity contribution in [2.75, 3.05) is 0 Å². The number of carbonyl (C=O) groups excluding carboxylic acids is 1. The summed E-state index contributed by atoms with van der Waals surface area (Å²) >= 11 is 2.05. The molecule has 0 aliphatic carbocycles. The number of carbonyl (C=O) groups is 1. The van der Waals surface area contributed by atoms with E-state index in [0.717, 1.165) is 15.6 Å². The third-order valence-corrected chi connectivity index (χ3v) is 4.03. The Balaban J connectivity index is 2.79. The zero-order valence-electron chi connectivity index (χ0n) is 11.2. The van der Waals surface area contributed by atoms with E-state index in [9.17, 15) is 9.90 Å². The molecule has 0 fully saturated rings. The minimum atomic E-state index is -0.460. The van der Waals surface area contributed by atoms with Gasteiger partial charge >= 0.3 is 5.97 Å². The Labute approximate surface area is 122 Å². The highest BCUT2D eigenvalue weighted by atomic mass is 127. The third-order valence-electron chi connectivity index (χ3n) is 3.16. The molecule has 0 bridgehead atoms. The zero-order chi connectivity index (χ0) is 13.9. The molecule has 1 N–H and O–H groups in total. The second kappa shape index (κ2) is 5.91. The van der Waals surface area contributed by atoms with Crippen molar-refractivity contribution in [3.8, 4) is 5.75 Å². The van der Waals surface area contributed by atoms with Gasteiger partial charge in [-0.3, -0.25) is 4.79 Å². The number of hydrogen-bond donors (Lipinski definition) is 1. The van der Waals surface area contributed by atoms with E-state index in [0.29, 0.717) is 0 Å². The van der Waals surface area contributed by atoms with Crippen LogP contribution in [0.4, 0.5) is 0 Å². The average molecular weight is 362 g/mol. The Morgan fingerprint density at radius 1 is 1.50 bits per heavy atom. The van der Waals surface area contributed by atoms with E-state index in [1.165, 1.54) is 0 Å². The number of ether oxygens (including phenoxy) is 1. The fourth-order valence-corrected chi connectivity index (χ4v) is 1.85. The van der Waals surface area contributed by atoms with Gasteiger partial charge in [0.05, 0.1) is 8.99 Å². The molecular weight excluding hydrogens is 343 g/mol. The summed E-state index contributed by atoms with van der Waals surface area (Å²) < 4.78 is 6.22. The van der Waals surface area contributed by atoms with Crippen LogP contribution >= 0.6 is 22.6 Å². The minimum Gasteiger partial charge on any atom is -0.507 e. The van der Waals surface area contributed by atoms with Gasteiger partial charge in [-0.15, -0.1) is 0 Å². The molecule has 1 unspecified atom stereocenters. The molecule has 3 nitrogen and oxygen atoms in total. The summed E-state index contributed by atoms with van der Waals surface area (Å²) in [6.07, 6.45) is 0.434. The Morgan fingerprint density at radius 3 is 2.61 bits per heavy atom. The number of phenols is 1. The molecule has 0 heterocycles. The number of esters is 1. The summed E-state index contributed by atoms with van der Waals surface area (Å²) in [5.41, 5.74) is 0.427. The van der Waals surface area contributed by atoms with E-state index in [4.69, 9.17) is 4.74 Å². The van der Waals surface area contributed by atoms with Crippen molar-refractivity contribution in [2.45, 2.75) is 40.2 Å². The van der Waals surface area contributed by atoms with Gasteiger partial charge in [0.2, 0.25) is 0 Å². The first kappa shape index (κ1) is 15.3. The van der Waals surface area contributed by atoms with Crippen LogP contribution in [0.2, 0.25) is 0 Å². The number of aromatic hydroxyl groups is 1. The van der Waals surface area contributed by atoms with Crippen LogP contribution in [-0.4, -0.2) is 11.1 Å². The van der Waals surface area contributed by atoms with Crippen molar-refractivity contribution in [1.29, 1.82) is 0 Å². The van der Waals surface area contributed by atoms with Gasteiger partial charge in [-0.05, 0) is 67.5 Å². The first-order valence-electron chi connectivity index (χ1n) is 5.97. The van der Waals surface area contributed by atoms with Gasteiger partial charge in [0.15, 0.2) is 0 Å². The van der Waals surface area contributed by atoms with Crippen molar-refractivity contribution in [3.05, 3.63) is 27.3 Å². The average Bonchev–Trinajstić information content (AvgIpc) is 2.32. The number of halogens is 1. The zero-order valence-corrected chi connectivity index (χ0v) is 13.3. The van der Waals surface area contributed by atoms with Crippen molar-refractivity contribution < 1.29 is 14.6 Å². The van der Waals surface area contributed by atoms with E-state index in [1.54, 1.807) is 12.1 Å². The molecule has 0 spiro atoms. The molecule has 18 heavy (non-hydrogen) atoms. The molecule has 1 aromatic carbocycles. The summed E-state index contributed by atoms with van der Waals surface area (Å²) in [5, 5.41) is 9.46. The summed E-state index contributed by atoms with van der Waals surface area (Å²) in [5.74, 6) is 0.0485. The highest BCUT2D eigenvalue weighted by Crippen LogP contribution is 2.29. The second-order valence-electron chi connectivity index (χ2n) is 5.00. The fourth-order valence-electron chi connectivity index (χ4n) is 1.31. The van der Waals surface area contributed by atoms with Crippen molar-refractivity contribution >= 4 is 28.6 Å². The first-order chi connectivity index (χ1) is 8.27. The summed E-state index contributed by atoms with van der Waals surface area (Å²) in [7, 11) is 0. The van der Waals surface area contributed by atoms with Crippen LogP contribution in [0, 0.1) is 8.99 Å². The highest BCUT2D eigenvalue weighted by molar-refractivity contribution is 14.1. The SMILES string of the molecule is CCC(C)(C)C(=O)OC(C)c1ccc(O)c(I)c1. The number of hydrogen-bond acceptors (Lipinski definition) is 3. The van der Waals surface area contributed by atoms with Crippen LogP contribution in [0.15, 0.2) is 18.2 Å². The van der Waals surface area contributed by atoms with Crippen LogP contribution in [0.1, 0.15) is 45.8 Å². The largest absolute Gasteiger partial charge is 0.507 e. The van der Waals surface area contributed by atoms with Crippen LogP contribution in [0.5, 0.6) is 5.75 Å². The van der Waals surface area contributed by atoms with Crippen molar-refractivity contribution in [2.24, 2.45) is 5.41 Å². The van der Waals surface area contributed by atoms with Crippen LogP contribution in [-0.2, 0) is 9.53 Å². The molecule has 100 valence electrons. The third kappa shape index (κ3) is 3.60. The first-order valence-corrected chi connectivity index (χ1v) is 7.05. The predicted octanol–water partition coefficient (Wildman–Crippen LogP) is 4.04. The van der Waals surface area contributed by atoms with Gasteiger partial charge in [0.25, 0.3) is 0 Å². The topological polar surface area (TPSA) is 46.5 Å². The minimum absolute atomic E-state index is 0.194.